The molecule has 0 atom stereocenters. The molecule has 172 valence electrons. The molecule has 0 bridgehead atoms. The van der Waals surface area contributed by atoms with Crippen LogP contribution in [0, 0.1) is 6.92 Å². The number of nitrogens with zero attached hydrogens (tertiary/aromatic N) is 4. The van der Waals surface area contributed by atoms with Crippen molar-refractivity contribution in [1.82, 2.24) is 9.55 Å². The predicted molar refractivity (Wildman–Crippen MR) is 131 cm³/mol. The first-order chi connectivity index (χ1) is 15.5. The molecule has 2 heterocycles. The number of anilines is 3. The lowest BCUT2D eigenvalue weighted by molar-refractivity contribution is -0.121. The van der Waals surface area contributed by atoms with E-state index in [4.69, 9.17) is 0 Å². The van der Waals surface area contributed by atoms with E-state index < -0.39 is 5.41 Å². The van der Waals surface area contributed by atoms with Crippen LogP contribution in [0.5, 0.6) is 0 Å². The van der Waals surface area contributed by atoms with Gasteiger partial charge in [-0.05, 0) is 56.2 Å². The van der Waals surface area contributed by atoms with Gasteiger partial charge in [0.05, 0.1) is 22.1 Å². The number of carbonyl (C=O) groups is 2. The molecule has 1 N–H and O–H groups in total. The van der Waals surface area contributed by atoms with E-state index in [9.17, 15) is 14.4 Å². The Balaban J connectivity index is 1.59. The van der Waals surface area contributed by atoms with Crippen LogP contribution >= 0.6 is 0 Å². The predicted octanol–water partition coefficient (Wildman–Crippen LogP) is 3.05. The third-order valence-corrected chi connectivity index (χ3v) is 6.25. The number of fused-ring (bicyclic) bond motifs is 2. The normalized spacial score (nSPS) is 14.5. The highest BCUT2D eigenvalue weighted by Gasteiger charge is 2.43. The zero-order valence-electron chi connectivity index (χ0n) is 19.9. The molecule has 1 aromatic heterocycles. The fourth-order valence-electron chi connectivity index (χ4n) is 4.54. The Hall–Kier alpha value is -3.68. The topological polar surface area (TPSA) is 87.5 Å². The molecule has 3 aromatic rings. The molecule has 4 rings (SSSR count). The summed E-state index contributed by atoms with van der Waals surface area (Å²) in [6, 6.07) is 11.2. The minimum atomic E-state index is -0.651. The molecule has 0 unspecified atom stereocenters. The van der Waals surface area contributed by atoms with Crippen LogP contribution in [0.4, 0.5) is 17.2 Å². The van der Waals surface area contributed by atoms with Crippen LogP contribution < -0.4 is 20.7 Å². The molecular formula is C25H29N5O3. The van der Waals surface area contributed by atoms with Gasteiger partial charge in [-0.25, -0.2) is 4.98 Å². The molecular weight excluding hydrogens is 418 g/mol. The summed E-state index contributed by atoms with van der Waals surface area (Å²) in [6.07, 6.45) is 0.124. The molecule has 0 saturated carbocycles. The number of aromatic nitrogens is 2. The molecule has 8 heteroatoms. The highest BCUT2D eigenvalue weighted by Crippen LogP contribution is 2.44. The number of benzene rings is 2. The van der Waals surface area contributed by atoms with Crippen LogP contribution in [-0.4, -0.2) is 42.5 Å². The maximum Gasteiger partial charge on any atom is 0.293 e. The molecule has 8 nitrogen and oxygen atoms in total. The number of nitrogens with one attached hydrogen (secondary N) is 1. The van der Waals surface area contributed by atoms with Crippen molar-refractivity contribution in [2.45, 2.75) is 39.2 Å². The van der Waals surface area contributed by atoms with Crippen LogP contribution in [-0.2, 0) is 21.5 Å². The second-order valence-corrected chi connectivity index (χ2v) is 9.25. The Morgan fingerprint density at radius 3 is 2.55 bits per heavy atom. The second-order valence-electron chi connectivity index (χ2n) is 9.25. The zero-order chi connectivity index (χ0) is 24.1. The van der Waals surface area contributed by atoms with E-state index in [1.165, 1.54) is 0 Å². The number of para-hydroxylation sites is 2. The fourth-order valence-corrected chi connectivity index (χ4v) is 4.54. The number of hydrogen-bond acceptors (Lipinski definition) is 5. The van der Waals surface area contributed by atoms with Gasteiger partial charge in [0.1, 0.15) is 0 Å². The molecule has 0 spiro atoms. The molecule has 0 fully saturated rings. The second kappa shape index (κ2) is 8.03. The Labute approximate surface area is 192 Å². The van der Waals surface area contributed by atoms with Crippen LogP contribution in [0.15, 0.2) is 41.2 Å². The molecule has 0 radical (unpaired) electrons. The van der Waals surface area contributed by atoms with Crippen molar-refractivity contribution in [2.75, 3.05) is 36.3 Å². The average molecular weight is 448 g/mol. The number of rotatable bonds is 5. The summed E-state index contributed by atoms with van der Waals surface area (Å²) in [5.74, 6) is 0.160. The Bertz CT molecular complexity index is 1340. The minimum Gasteiger partial charge on any atom is -0.358 e. The molecule has 33 heavy (non-hydrogen) atoms. The summed E-state index contributed by atoms with van der Waals surface area (Å²) >= 11 is 0. The van der Waals surface area contributed by atoms with Gasteiger partial charge in [0.15, 0.2) is 5.82 Å². The standard InChI is InChI=1S/C25H29N5O3/c1-15-13-16(14-17-21(15)29(6)24(33)25(17,2)3)26-20(31)11-12-30-19-10-8-7-9-18(19)27-22(23(30)32)28(4)5/h7-10,13-14H,11-12H2,1-6H3,(H,26,31). The molecule has 2 aromatic carbocycles. The minimum absolute atomic E-state index is 0.0321. The number of likely N-dealkylation sites (N-methyl/N-ethyl adjacent to an activating group) is 1. The zero-order valence-corrected chi connectivity index (χ0v) is 19.9. The van der Waals surface area contributed by atoms with Gasteiger partial charge in [-0.1, -0.05) is 12.1 Å². The van der Waals surface area contributed by atoms with Crippen molar-refractivity contribution >= 4 is 40.0 Å². The fraction of sp³-hybridized carbons (Fsp3) is 0.360. The van der Waals surface area contributed by atoms with Gasteiger partial charge in [0.25, 0.3) is 5.56 Å². The molecule has 1 aliphatic heterocycles. The van der Waals surface area contributed by atoms with Crippen molar-refractivity contribution in [3.8, 4) is 0 Å². The Kier molecular flexibility index (Phi) is 5.47. The average Bonchev–Trinajstić information content (AvgIpc) is 2.93. The lowest BCUT2D eigenvalue weighted by Gasteiger charge is -2.17. The van der Waals surface area contributed by atoms with Gasteiger partial charge in [-0.3, -0.25) is 14.4 Å². The lowest BCUT2D eigenvalue weighted by atomic mass is 9.85. The number of amides is 2. The number of carbonyl (C=O) groups excluding carboxylic acids is 2. The molecule has 0 saturated heterocycles. The van der Waals surface area contributed by atoms with Crippen molar-refractivity contribution < 1.29 is 9.59 Å². The van der Waals surface area contributed by atoms with Gasteiger partial charge in [-0.2, -0.15) is 0 Å². The van der Waals surface area contributed by atoms with E-state index in [1.807, 2.05) is 57.2 Å². The van der Waals surface area contributed by atoms with Gasteiger partial charge in [-0.15, -0.1) is 0 Å². The summed E-state index contributed by atoms with van der Waals surface area (Å²) in [6.45, 7) is 5.95. The Morgan fingerprint density at radius 1 is 1.15 bits per heavy atom. The largest absolute Gasteiger partial charge is 0.358 e. The molecule has 2 amide bonds. The first kappa shape index (κ1) is 22.5. The maximum atomic E-state index is 13.0. The van der Waals surface area contributed by atoms with Gasteiger partial charge in [0.2, 0.25) is 11.8 Å². The van der Waals surface area contributed by atoms with Crippen molar-refractivity contribution in [1.29, 1.82) is 0 Å². The lowest BCUT2D eigenvalue weighted by Crippen LogP contribution is -2.33. The van der Waals surface area contributed by atoms with Crippen molar-refractivity contribution in [2.24, 2.45) is 0 Å². The summed E-state index contributed by atoms with van der Waals surface area (Å²) in [5.41, 5.74) is 3.88. The van der Waals surface area contributed by atoms with Crippen LogP contribution in [0.2, 0.25) is 0 Å². The highest BCUT2D eigenvalue weighted by molar-refractivity contribution is 6.08. The van der Waals surface area contributed by atoms with Gasteiger partial charge >= 0.3 is 0 Å². The Morgan fingerprint density at radius 2 is 1.85 bits per heavy atom. The monoisotopic (exact) mass is 447 g/mol. The summed E-state index contributed by atoms with van der Waals surface area (Å²) in [7, 11) is 5.32. The highest BCUT2D eigenvalue weighted by atomic mass is 16.2. The van der Waals surface area contributed by atoms with E-state index in [-0.39, 0.29) is 30.3 Å². The van der Waals surface area contributed by atoms with E-state index in [0.29, 0.717) is 22.5 Å². The molecule has 1 aliphatic rings. The first-order valence-corrected chi connectivity index (χ1v) is 10.9. The van der Waals surface area contributed by atoms with E-state index in [0.717, 1.165) is 16.8 Å². The number of aryl methyl sites for hydroxylation is 2. The summed E-state index contributed by atoms with van der Waals surface area (Å²) in [5, 5.41) is 2.94. The molecule has 0 aliphatic carbocycles. The third-order valence-electron chi connectivity index (χ3n) is 6.25. The van der Waals surface area contributed by atoms with E-state index >= 15 is 0 Å². The third kappa shape index (κ3) is 3.75. The van der Waals surface area contributed by atoms with Crippen molar-refractivity contribution in [3.63, 3.8) is 0 Å². The smallest absolute Gasteiger partial charge is 0.293 e. The van der Waals surface area contributed by atoms with Gasteiger partial charge in [0, 0.05) is 39.8 Å². The van der Waals surface area contributed by atoms with Crippen molar-refractivity contribution in [3.05, 3.63) is 57.9 Å². The number of hydrogen-bond donors (Lipinski definition) is 1. The summed E-state index contributed by atoms with van der Waals surface area (Å²) in [4.78, 5) is 46.3. The SMILES string of the molecule is Cc1cc(NC(=O)CCn2c(=O)c(N(C)C)nc3ccccc32)cc2c1N(C)C(=O)C2(C)C. The summed E-state index contributed by atoms with van der Waals surface area (Å²) < 4.78 is 1.60. The quantitative estimate of drug-likeness (QED) is 0.650. The maximum absolute atomic E-state index is 13.0. The van der Waals surface area contributed by atoms with Crippen LogP contribution in [0.1, 0.15) is 31.4 Å². The van der Waals surface area contributed by atoms with Gasteiger partial charge < -0.3 is 19.7 Å². The van der Waals surface area contributed by atoms with E-state index in [1.54, 1.807) is 35.5 Å². The van der Waals surface area contributed by atoms with Crippen LogP contribution in [0.3, 0.4) is 0 Å². The van der Waals surface area contributed by atoms with Crippen LogP contribution in [0.25, 0.3) is 11.0 Å². The van der Waals surface area contributed by atoms with E-state index in [2.05, 4.69) is 10.3 Å². The first-order valence-electron chi connectivity index (χ1n) is 10.9.